The number of benzene rings is 2. The predicted octanol–water partition coefficient (Wildman–Crippen LogP) is 3.18. The van der Waals surface area contributed by atoms with Crippen molar-refractivity contribution in [2.75, 3.05) is 7.11 Å². The third-order valence-corrected chi connectivity index (χ3v) is 3.40. The number of hydrogen-bond acceptors (Lipinski definition) is 3. The van der Waals surface area contributed by atoms with Crippen LogP contribution in [0.4, 0.5) is 0 Å². The van der Waals surface area contributed by atoms with Crippen LogP contribution in [-0.2, 0) is 16.0 Å². The number of methoxy groups -OCH3 is 1. The summed E-state index contributed by atoms with van der Waals surface area (Å²) in [4.78, 5) is 23.3. The molecule has 1 atom stereocenters. The third kappa shape index (κ3) is 4.28. The van der Waals surface area contributed by atoms with Crippen molar-refractivity contribution in [1.82, 2.24) is 0 Å². The molecule has 1 unspecified atom stereocenters. The molecule has 0 saturated carbocycles. The zero-order chi connectivity index (χ0) is 15.1. The Morgan fingerprint density at radius 3 is 2.33 bits per heavy atom. The number of ether oxygens (including phenoxy) is 1. The number of hydrogen-bond donors (Lipinski definition) is 0. The molecule has 0 fully saturated rings. The molecule has 0 aromatic heterocycles. The molecular weight excluding hydrogens is 264 g/mol. The molecule has 2 rings (SSSR count). The van der Waals surface area contributed by atoms with Crippen LogP contribution in [0.2, 0.25) is 0 Å². The van der Waals surface area contributed by atoms with Crippen LogP contribution in [0.3, 0.4) is 0 Å². The fourth-order valence-corrected chi connectivity index (χ4v) is 2.23. The van der Waals surface area contributed by atoms with Crippen LogP contribution in [-0.4, -0.2) is 19.2 Å². The van der Waals surface area contributed by atoms with Gasteiger partial charge in [0.25, 0.3) is 0 Å². The molecular formula is C18H18O3. The van der Waals surface area contributed by atoms with Gasteiger partial charge in [-0.1, -0.05) is 42.5 Å². The number of Topliss-reactive ketones (excluding diaryl/α,β-unsaturated/α-hetero) is 1. The summed E-state index contributed by atoms with van der Waals surface area (Å²) in [6, 6.07) is 16.8. The zero-order valence-corrected chi connectivity index (χ0v) is 12.0. The summed E-state index contributed by atoms with van der Waals surface area (Å²) in [5.41, 5.74) is 1.81. The molecule has 0 radical (unpaired) electrons. The van der Waals surface area contributed by atoms with Crippen molar-refractivity contribution in [3.63, 3.8) is 0 Å². The fraction of sp³-hybridized carbons (Fsp3) is 0.222. The zero-order valence-electron chi connectivity index (χ0n) is 12.0. The van der Waals surface area contributed by atoms with Gasteiger partial charge in [0.05, 0.1) is 7.11 Å². The molecule has 0 saturated heterocycles. The Hall–Kier alpha value is -2.42. The Morgan fingerprint density at radius 2 is 1.76 bits per heavy atom. The quantitative estimate of drug-likeness (QED) is 0.733. The van der Waals surface area contributed by atoms with E-state index < -0.39 is 0 Å². The highest BCUT2D eigenvalue weighted by molar-refractivity contribution is 5.85. The van der Waals surface area contributed by atoms with Crippen LogP contribution in [0.15, 0.2) is 54.6 Å². The molecule has 0 aliphatic carbocycles. The van der Waals surface area contributed by atoms with E-state index in [0.717, 1.165) is 23.2 Å². The maximum atomic E-state index is 12.1. The number of carbonyl (C=O) groups is 2. The van der Waals surface area contributed by atoms with E-state index in [9.17, 15) is 9.59 Å². The van der Waals surface area contributed by atoms with E-state index in [1.54, 1.807) is 7.11 Å². The Morgan fingerprint density at radius 1 is 1.10 bits per heavy atom. The number of ketones is 1. The SMILES string of the molecule is COc1ccc(CC(=O)CC(C=O)c2ccccc2)cc1. The molecule has 3 nitrogen and oxygen atoms in total. The van der Waals surface area contributed by atoms with E-state index in [1.807, 2.05) is 54.6 Å². The van der Waals surface area contributed by atoms with Crippen LogP contribution in [0.1, 0.15) is 23.5 Å². The largest absolute Gasteiger partial charge is 0.497 e. The van der Waals surface area contributed by atoms with Crippen molar-refractivity contribution in [2.24, 2.45) is 0 Å². The van der Waals surface area contributed by atoms with Crippen molar-refractivity contribution >= 4 is 12.1 Å². The van der Waals surface area contributed by atoms with Crippen LogP contribution < -0.4 is 4.74 Å². The van der Waals surface area contributed by atoms with Crippen molar-refractivity contribution in [3.05, 3.63) is 65.7 Å². The van der Waals surface area contributed by atoms with Crippen molar-refractivity contribution in [3.8, 4) is 5.75 Å². The summed E-state index contributed by atoms with van der Waals surface area (Å²) in [7, 11) is 1.61. The standard InChI is InChI=1S/C18H18O3/c1-21-18-9-7-14(8-10-18)11-17(20)12-16(13-19)15-5-3-2-4-6-15/h2-10,13,16H,11-12H2,1H3. The molecule has 0 N–H and O–H groups in total. The predicted molar refractivity (Wildman–Crippen MR) is 81.6 cm³/mol. The molecule has 0 aliphatic rings. The Labute approximate surface area is 124 Å². The number of carbonyl (C=O) groups excluding carboxylic acids is 2. The van der Waals surface area contributed by atoms with E-state index in [0.29, 0.717) is 6.42 Å². The molecule has 0 aliphatic heterocycles. The smallest absolute Gasteiger partial charge is 0.138 e. The van der Waals surface area contributed by atoms with Gasteiger partial charge in [-0.15, -0.1) is 0 Å². The minimum absolute atomic E-state index is 0.0566. The van der Waals surface area contributed by atoms with E-state index >= 15 is 0 Å². The normalized spacial score (nSPS) is 11.7. The maximum absolute atomic E-state index is 12.1. The maximum Gasteiger partial charge on any atom is 0.138 e. The van der Waals surface area contributed by atoms with Gasteiger partial charge in [-0.3, -0.25) is 4.79 Å². The minimum atomic E-state index is -0.364. The topological polar surface area (TPSA) is 43.4 Å². The number of rotatable bonds is 7. The monoisotopic (exact) mass is 282 g/mol. The highest BCUT2D eigenvalue weighted by Crippen LogP contribution is 2.19. The Balaban J connectivity index is 1.98. The molecule has 3 heteroatoms. The molecule has 2 aromatic carbocycles. The van der Waals surface area contributed by atoms with Crippen LogP contribution in [0, 0.1) is 0 Å². The summed E-state index contributed by atoms with van der Waals surface area (Å²) < 4.78 is 5.08. The second-order valence-corrected chi connectivity index (χ2v) is 4.92. The van der Waals surface area contributed by atoms with Gasteiger partial charge in [0.1, 0.15) is 17.8 Å². The van der Waals surface area contributed by atoms with Gasteiger partial charge in [0, 0.05) is 18.8 Å². The summed E-state index contributed by atoms with van der Waals surface area (Å²) in [5, 5.41) is 0. The van der Waals surface area contributed by atoms with E-state index in [4.69, 9.17) is 4.74 Å². The van der Waals surface area contributed by atoms with Crippen LogP contribution >= 0.6 is 0 Å². The first-order valence-corrected chi connectivity index (χ1v) is 6.88. The summed E-state index contributed by atoms with van der Waals surface area (Å²) in [6.07, 6.45) is 1.42. The molecule has 0 spiro atoms. The molecule has 0 heterocycles. The van der Waals surface area contributed by atoms with Gasteiger partial charge in [-0.2, -0.15) is 0 Å². The molecule has 0 bridgehead atoms. The average Bonchev–Trinajstić information content (AvgIpc) is 2.54. The first kappa shape index (κ1) is 15.0. The summed E-state index contributed by atoms with van der Waals surface area (Å²) >= 11 is 0. The summed E-state index contributed by atoms with van der Waals surface area (Å²) in [5.74, 6) is 0.458. The van der Waals surface area contributed by atoms with Crippen LogP contribution in [0.25, 0.3) is 0 Å². The van der Waals surface area contributed by atoms with Gasteiger partial charge < -0.3 is 9.53 Å². The summed E-state index contributed by atoms with van der Waals surface area (Å²) in [6.45, 7) is 0. The van der Waals surface area contributed by atoms with E-state index in [2.05, 4.69) is 0 Å². The molecule has 2 aromatic rings. The minimum Gasteiger partial charge on any atom is -0.497 e. The molecule has 0 amide bonds. The number of aldehydes is 1. The first-order valence-electron chi connectivity index (χ1n) is 6.88. The van der Waals surface area contributed by atoms with Crippen LogP contribution in [0.5, 0.6) is 5.75 Å². The Bertz CT molecular complexity index is 588. The van der Waals surface area contributed by atoms with Gasteiger partial charge in [0.2, 0.25) is 0 Å². The lowest BCUT2D eigenvalue weighted by molar-refractivity contribution is -0.120. The third-order valence-electron chi connectivity index (χ3n) is 3.40. The lowest BCUT2D eigenvalue weighted by atomic mass is 9.93. The van der Waals surface area contributed by atoms with Gasteiger partial charge >= 0.3 is 0 Å². The highest BCUT2D eigenvalue weighted by Gasteiger charge is 2.15. The van der Waals surface area contributed by atoms with E-state index in [-0.39, 0.29) is 18.1 Å². The lowest BCUT2D eigenvalue weighted by Crippen LogP contribution is -2.10. The highest BCUT2D eigenvalue weighted by atomic mass is 16.5. The fourth-order valence-electron chi connectivity index (χ4n) is 2.23. The Kier molecular flexibility index (Phi) is 5.27. The lowest BCUT2D eigenvalue weighted by Gasteiger charge is -2.10. The van der Waals surface area contributed by atoms with E-state index in [1.165, 1.54) is 0 Å². The first-order chi connectivity index (χ1) is 10.2. The second kappa shape index (κ2) is 7.39. The van der Waals surface area contributed by atoms with Gasteiger partial charge in [-0.05, 0) is 23.3 Å². The van der Waals surface area contributed by atoms with Crippen molar-refractivity contribution in [1.29, 1.82) is 0 Å². The van der Waals surface area contributed by atoms with Gasteiger partial charge in [-0.25, -0.2) is 0 Å². The average molecular weight is 282 g/mol. The van der Waals surface area contributed by atoms with Gasteiger partial charge in [0.15, 0.2) is 0 Å². The van der Waals surface area contributed by atoms with Crippen molar-refractivity contribution < 1.29 is 14.3 Å². The van der Waals surface area contributed by atoms with Crippen molar-refractivity contribution in [2.45, 2.75) is 18.8 Å². The molecule has 21 heavy (non-hydrogen) atoms. The molecule has 108 valence electrons. The second-order valence-electron chi connectivity index (χ2n) is 4.92.